The topological polar surface area (TPSA) is 18.5 Å². The molecule has 1 aliphatic heterocycles. The summed E-state index contributed by atoms with van der Waals surface area (Å²) in [5.74, 6) is -0.357. The largest absolute Gasteiger partial charge is 0.348 e. The molecular formula is C27H48O2. The average Bonchev–Trinajstić information content (AvgIpc) is 3.09. The molecule has 29 heavy (non-hydrogen) atoms. The molecule has 2 heteroatoms. The van der Waals surface area contributed by atoms with Crippen LogP contribution in [0, 0.1) is 0 Å². The van der Waals surface area contributed by atoms with E-state index in [-0.39, 0.29) is 5.79 Å². The normalized spacial score (nSPS) is 17.0. The fourth-order valence-electron chi connectivity index (χ4n) is 3.27. The van der Waals surface area contributed by atoms with Crippen LogP contribution in [0.5, 0.6) is 0 Å². The van der Waals surface area contributed by atoms with Crippen molar-refractivity contribution in [1.82, 2.24) is 0 Å². The molecule has 1 rings (SSSR count). The van der Waals surface area contributed by atoms with E-state index in [0.717, 1.165) is 45.3 Å². The molecule has 0 aromatic rings. The number of ether oxygens (including phenoxy) is 2. The fourth-order valence-corrected chi connectivity index (χ4v) is 3.27. The highest BCUT2D eigenvalue weighted by Crippen LogP contribution is 2.24. The van der Waals surface area contributed by atoms with Gasteiger partial charge in [0.1, 0.15) is 0 Å². The lowest BCUT2D eigenvalue weighted by atomic mass is 10.0. The van der Waals surface area contributed by atoms with Gasteiger partial charge in [0.25, 0.3) is 0 Å². The van der Waals surface area contributed by atoms with Crippen LogP contribution in [-0.4, -0.2) is 19.0 Å². The number of allylic oxidation sites excluding steroid dienone is 8. The van der Waals surface area contributed by atoms with Crippen LogP contribution in [0.25, 0.3) is 0 Å². The Morgan fingerprint density at radius 2 is 1.03 bits per heavy atom. The van der Waals surface area contributed by atoms with Crippen LogP contribution in [0.1, 0.15) is 107 Å². The third-order valence-electron chi connectivity index (χ3n) is 5.14. The van der Waals surface area contributed by atoms with Crippen molar-refractivity contribution in [3.63, 3.8) is 0 Å². The van der Waals surface area contributed by atoms with Gasteiger partial charge in [-0.1, -0.05) is 60.4 Å². The van der Waals surface area contributed by atoms with Crippen molar-refractivity contribution in [1.29, 1.82) is 0 Å². The molecule has 1 aliphatic rings. The molecule has 0 aromatic heterocycles. The molecule has 0 unspecified atom stereocenters. The molecule has 0 amide bonds. The van der Waals surface area contributed by atoms with Crippen LogP contribution in [-0.2, 0) is 9.47 Å². The van der Waals surface area contributed by atoms with Crippen molar-refractivity contribution in [2.24, 2.45) is 0 Å². The highest BCUT2D eigenvalue weighted by molar-refractivity contribution is 5.07. The molecular weight excluding hydrogens is 356 g/mol. The number of rotatable bonds is 12. The van der Waals surface area contributed by atoms with E-state index in [0.29, 0.717) is 0 Å². The van der Waals surface area contributed by atoms with Crippen LogP contribution >= 0.6 is 0 Å². The Morgan fingerprint density at radius 3 is 1.45 bits per heavy atom. The number of hydrogen-bond donors (Lipinski definition) is 0. The zero-order valence-electron chi connectivity index (χ0n) is 20.7. The Kier molecular flexibility index (Phi) is 16.0. The van der Waals surface area contributed by atoms with Gasteiger partial charge in [-0.15, -0.1) is 0 Å². The second kappa shape index (κ2) is 16.7. The summed E-state index contributed by atoms with van der Waals surface area (Å²) in [4.78, 5) is 0. The van der Waals surface area contributed by atoms with Crippen molar-refractivity contribution in [2.45, 2.75) is 113 Å². The summed E-state index contributed by atoms with van der Waals surface area (Å²) in [6.45, 7) is 18.6. The minimum Gasteiger partial charge on any atom is -0.348 e. The molecule has 168 valence electrons. The monoisotopic (exact) mass is 404 g/mol. The second-order valence-electron chi connectivity index (χ2n) is 8.42. The molecule has 0 saturated carbocycles. The molecule has 0 N–H and O–H groups in total. The van der Waals surface area contributed by atoms with Crippen molar-refractivity contribution >= 4 is 0 Å². The van der Waals surface area contributed by atoms with Gasteiger partial charge in [0, 0.05) is 6.42 Å². The summed E-state index contributed by atoms with van der Waals surface area (Å²) in [6.07, 6.45) is 18.4. The summed E-state index contributed by atoms with van der Waals surface area (Å²) >= 11 is 0. The zero-order chi connectivity index (χ0) is 22.1. The molecule has 0 spiro atoms. The lowest BCUT2D eigenvalue weighted by Crippen LogP contribution is -2.24. The van der Waals surface area contributed by atoms with Gasteiger partial charge < -0.3 is 9.47 Å². The maximum atomic E-state index is 5.65. The maximum absolute atomic E-state index is 5.65. The lowest BCUT2D eigenvalue weighted by Gasteiger charge is -2.21. The standard InChI is InChI=1S/C25H42O2.C2H6/c1-21(2)11-7-12-22(3)13-8-14-23(4)15-9-16-24(5)17-10-18-25(6)26-19-20-27-25;1-2/h11,13,15,17H,7-10,12,14,16,18-20H2,1-6H3;1-2H3/b22-13+,23-15+,24-17+;. The molecule has 2 nitrogen and oxygen atoms in total. The van der Waals surface area contributed by atoms with Gasteiger partial charge in [0.05, 0.1) is 13.2 Å². The maximum Gasteiger partial charge on any atom is 0.166 e. The average molecular weight is 405 g/mol. The van der Waals surface area contributed by atoms with Crippen LogP contribution in [0.3, 0.4) is 0 Å². The first kappa shape index (κ1) is 27.9. The molecule has 1 heterocycles. The molecule has 0 radical (unpaired) electrons. The molecule has 1 saturated heterocycles. The first-order valence-electron chi connectivity index (χ1n) is 11.7. The van der Waals surface area contributed by atoms with E-state index in [1.54, 1.807) is 0 Å². The van der Waals surface area contributed by atoms with E-state index in [1.165, 1.54) is 41.6 Å². The van der Waals surface area contributed by atoms with Crippen LogP contribution in [0.15, 0.2) is 46.6 Å². The van der Waals surface area contributed by atoms with Gasteiger partial charge in [-0.05, 0) is 86.5 Å². The number of hydrogen-bond acceptors (Lipinski definition) is 2. The predicted molar refractivity (Wildman–Crippen MR) is 129 cm³/mol. The van der Waals surface area contributed by atoms with Gasteiger partial charge in [-0.25, -0.2) is 0 Å². The van der Waals surface area contributed by atoms with E-state index < -0.39 is 0 Å². The van der Waals surface area contributed by atoms with Crippen molar-refractivity contribution in [3.05, 3.63) is 46.6 Å². The van der Waals surface area contributed by atoms with E-state index in [4.69, 9.17) is 9.47 Å². The summed E-state index contributed by atoms with van der Waals surface area (Å²) < 4.78 is 11.3. The van der Waals surface area contributed by atoms with Crippen molar-refractivity contribution < 1.29 is 9.47 Å². The summed E-state index contributed by atoms with van der Waals surface area (Å²) in [5.41, 5.74) is 5.91. The molecule has 1 fully saturated rings. The zero-order valence-corrected chi connectivity index (χ0v) is 20.7. The first-order valence-corrected chi connectivity index (χ1v) is 11.7. The summed E-state index contributed by atoms with van der Waals surface area (Å²) in [6, 6.07) is 0. The highest BCUT2D eigenvalue weighted by Gasteiger charge is 2.29. The van der Waals surface area contributed by atoms with Gasteiger partial charge in [-0.2, -0.15) is 0 Å². The fraction of sp³-hybridized carbons (Fsp3) is 0.704. The van der Waals surface area contributed by atoms with Gasteiger partial charge in [0.15, 0.2) is 5.79 Å². The molecule has 0 aromatic carbocycles. The Balaban J connectivity index is 0.00000379. The van der Waals surface area contributed by atoms with Gasteiger partial charge in [-0.3, -0.25) is 0 Å². The van der Waals surface area contributed by atoms with E-state index in [1.807, 2.05) is 20.8 Å². The van der Waals surface area contributed by atoms with E-state index >= 15 is 0 Å². The highest BCUT2D eigenvalue weighted by atomic mass is 16.7. The molecule has 0 aliphatic carbocycles. The van der Waals surface area contributed by atoms with E-state index in [2.05, 4.69) is 58.9 Å². The van der Waals surface area contributed by atoms with Gasteiger partial charge >= 0.3 is 0 Å². The van der Waals surface area contributed by atoms with Crippen molar-refractivity contribution in [3.8, 4) is 0 Å². The Hall–Kier alpha value is -1.12. The van der Waals surface area contributed by atoms with Gasteiger partial charge in [0.2, 0.25) is 0 Å². The van der Waals surface area contributed by atoms with E-state index in [9.17, 15) is 0 Å². The van der Waals surface area contributed by atoms with Crippen LogP contribution in [0.2, 0.25) is 0 Å². The Labute approximate surface area is 182 Å². The molecule has 0 bridgehead atoms. The van der Waals surface area contributed by atoms with Crippen LogP contribution in [0.4, 0.5) is 0 Å². The Bertz CT molecular complexity index is 539. The first-order chi connectivity index (χ1) is 13.8. The summed E-state index contributed by atoms with van der Waals surface area (Å²) in [5, 5.41) is 0. The minimum atomic E-state index is -0.357. The third kappa shape index (κ3) is 15.4. The lowest BCUT2D eigenvalue weighted by molar-refractivity contribution is -0.145. The van der Waals surface area contributed by atoms with Crippen LogP contribution < -0.4 is 0 Å². The minimum absolute atomic E-state index is 0.357. The summed E-state index contributed by atoms with van der Waals surface area (Å²) in [7, 11) is 0. The second-order valence-corrected chi connectivity index (χ2v) is 8.42. The third-order valence-corrected chi connectivity index (χ3v) is 5.14. The predicted octanol–water partition coefficient (Wildman–Crippen LogP) is 8.70. The quantitative estimate of drug-likeness (QED) is 0.303. The Morgan fingerprint density at radius 1 is 0.655 bits per heavy atom. The smallest absolute Gasteiger partial charge is 0.166 e. The SMILES string of the molecule is CC.CC(C)=CCC/C(C)=C/CC/C(C)=C/CC/C(C)=C/CCC1(C)OCCO1. The van der Waals surface area contributed by atoms with Crippen molar-refractivity contribution in [2.75, 3.05) is 13.2 Å². The molecule has 0 atom stereocenters.